The molecular weight excluding hydrogens is 334 g/mol. The molecule has 138 valence electrons. The number of benzene rings is 2. The molecule has 0 bridgehead atoms. The van der Waals surface area contributed by atoms with E-state index in [1.165, 1.54) is 0 Å². The van der Waals surface area contributed by atoms with Gasteiger partial charge in [-0.25, -0.2) is 0 Å². The maximum Gasteiger partial charge on any atom is 0.303 e. The zero-order valence-corrected chi connectivity index (χ0v) is 14.9. The standard InChI is InChI=1S/C20H23NO5/c1-3-25-17-10-6-7-11-18(17)26-16-9-5-4-8-15(16)20(24)21-14(2)12-13-19(22)23/h4-11,14H,3,12-13H2,1-2H3,(H,21,24)(H,22,23). The lowest BCUT2D eigenvalue weighted by atomic mass is 10.1. The minimum atomic E-state index is -0.887. The van der Waals surface area contributed by atoms with Gasteiger partial charge in [0.15, 0.2) is 11.5 Å². The summed E-state index contributed by atoms with van der Waals surface area (Å²) < 4.78 is 11.5. The van der Waals surface area contributed by atoms with Crippen molar-refractivity contribution in [3.8, 4) is 17.2 Å². The third-order valence-corrected chi connectivity index (χ3v) is 3.67. The molecule has 1 unspecified atom stereocenters. The molecule has 0 aliphatic carbocycles. The van der Waals surface area contributed by atoms with Crippen LogP contribution in [0.5, 0.6) is 17.2 Å². The monoisotopic (exact) mass is 357 g/mol. The molecule has 0 radical (unpaired) electrons. The first-order valence-corrected chi connectivity index (χ1v) is 8.52. The lowest BCUT2D eigenvalue weighted by Gasteiger charge is -2.16. The highest BCUT2D eigenvalue weighted by Crippen LogP contribution is 2.32. The molecule has 0 aromatic heterocycles. The summed E-state index contributed by atoms with van der Waals surface area (Å²) in [6, 6.07) is 13.9. The largest absolute Gasteiger partial charge is 0.490 e. The quantitative estimate of drug-likeness (QED) is 0.712. The van der Waals surface area contributed by atoms with Crippen LogP contribution in [0.4, 0.5) is 0 Å². The Kier molecular flexibility index (Phi) is 7.02. The number of ether oxygens (including phenoxy) is 2. The van der Waals surface area contributed by atoms with Crippen molar-refractivity contribution in [1.29, 1.82) is 0 Å². The summed E-state index contributed by atoms with van der Waals surface area (Å²) in [6.45, 7) is 4.16. The Morgan fingerprint density at radius 3 is 2.31 bits per heavy atom. The lowest BCUT2D eigenvalue weighted by molar-refractivity contribution is -0.137. The summed E-state index contributed by atoms with van der Waals surface area (Å²) in [5.41, 5.74) is 0.376. The molecule has 2 rings (SSSR count). The molecule has 0 heterocycles. The molecule has 0 aliphatic heterocycles. The van der Waals surface area contributed by atoms with E-state index in [-0.39, 0.29) is 18.4 Å². The minimum Gasteiger partial charge on any atom is -0.490 e. The first-order chi connectivity index (χ1) is 12.5. The molecule has 0 spiro atoms. The molecule has 2 aromatic rings. The highest BCUT2D eigenvalue weighted by atomic mass is 16.5. The van der Waals surface area contributed by atoms with Crippen LogP contribution in [-0.4, -0.2) is 29.6 Å². The van der Waals surface area contributed by atoms with Crippen molar-refractivity contribution in [3.63, 3.8) is 0 Å². The van der Waals surface area contributed by atoms with E-state index in [2.05, 4.69) is 5.32 Å². The van der Waals surface area contributed by atoms with Crippen LogP contribution in [0.3, 0.4) is 0 Å². The van der Waals surface area contributed by atoms with Crippen molar-refractivity contribution in [2.75, 3.05) is 6.61 Å². The highest BCUT2D eigenvalue weighted by molar-refractivity contribution is 5.97. The lowest BCUT2D eigenvalue weighted by Crippen LogP contribution is -2.33. The van der Waals surface area contributed by atoms with Crippen molar-refractivity contribution in [2.24, 2.45) is 0 Å². The SMILES string of the molecule is CCOc1ccccc1Oc1ccccc1C(=O)NC(C)CCC(=O)O. The van der Waals surface area contributed by atoms with Crippen LogP contribution in [-0.2, 0) is 4.79 Å². The van der Waals surface area contributed by atoms with Crippen molar-refractivity contribution in [3.05, 3.63) is 54.1 Å². The first kappa shape index (κ1) is 19.3. The molecule has 0 aliphatic rings. The van der Waals surface area contributed by atoms with E-state index in [4.69, 9.17) is 14.6 Å². The normalized spacial score (nSPS) is 11.5. The van der Waals surface area contributed by atoms with Gasteiger partial charge in [0, 0.05) is 12.5 Å². The van der Waals surface area contributed by atoms with E-state index in [0.29, 0.717) is 35.8 Å². The number of hydrogen-bond acceptors (Lipinski definition) is 4. The fourth-order valence-electron chi connectivity index (χ4n) is 2.38. The van der Waals surface area contributed by atoms with Gasteiger partial charge < -0.3 is 19.9 Å². The zero-order chi connectivity index (χ0) is 18.9. The van der Waals surface area contributed by atoms with Crippen LogP contribution in [0.1, 0.15) is 37.0 Å². The Hall–Kier alpha value is -3.02. The number of carboxylic acid groups (broad SMARTS) is 1. The summed E-state index contributed by atoms with van der Waals surface area (Å²) in [6.07, 6.45) is 0.360. The average molecular weight is 357 g/mol. The highest BCUT2D eigenvalue weighted by Gasteiger charge is 2.16. The average Bonchev–Trinajstić information content (AvgIpc) is 2.62. The molecule has 2 N–H and O–H groups in total. The maximum atomic E-state index is 12.6. The van der Waals surface area contributed by atoms with E-state index < -0.39 is 5.97 Å². The first-order valence-electron chi connectivity index (χ1n) is 8.52. The number of para-hydroxylation sites is 3. The maximum absolute atomic E-state index is 12.6. The number of hydrogen-bond donors (Lipinski definition) is 2. The zero-order valence-electron chi connectivity index (χ0n) is 14.9. The summed E-state index contributed by atoms with van der Waals surface area (Å²) in [5, 5.41) is 11.6. The number of carbonyl (C=O) groups is 2. The molecular formula is C20H23NO5. The van der Waals surface area contributed by atoms with Crippen molar-refractivity contribution in [2.45, 2.75) is 32.7 Å². The third kappa shape index (κ3) is 5.51. The molecule has 26 heavy (non-hydrogen) atoms. The van der Waals surface area contributed by atoms with Crippen molar-refractivity contribution in [1.82, 2.24) is 5.32 Å². The molecule has 1 atom stereocenters. The summed E-state index contributed by atoms with van der Waals surface area (Å²) in [7, 11) is 0. The van der Waals surface area contributed by atoms with E-state index in [1.54, 1.807) is 43.3 Å². The predicted octanol–water partition coefficient (Wildman–Crippen LogP) is 3.86. The topological polar surface area (TPSA) is 84.9 Å². The Labute approximate surface area is 152 Å². The van der Waals surface area contributed by atoms with Crippen molar-refractivity contribution < 1.29 is 24.2 Å². The Balaban J connectivity index is 2.15. The number of carboxylic acids is 1. The molecule has 2 aromatic carbocycles. The van der Waals surface area contributed by atoms with Gasteiger partial charge in [0.1, 0.15) is 5.75 Å². The van der Waals surface area contributed by atoms with Gasteiger partial charge in [0.2, 0.25) is 0 Å². The van der Waals surface area contributed by atoms with Gasteiger partial charge in [-0.05, 0) is 44.5 Å². The van der Waals surface area contributed by atoms with Gasteiger partial charge in [-0.2, -0.15) is 0 Å². The van der Waals surface area contributed by atoms with Crippen LogP contribution >= 0.6 is 0 Å². The smallest absolute Gasteiger partial charge is 0.303 e. The molecule has 0 saturated heterocycles. The van der Waals surface area contributed by atoms with E-state index in [1.807, 2.05) is 19.1 Å². The molecule has 1 amide bonds. The van der Waals surface area contributed by atoms with E-state index in [0.717, 1.165) is 0 Å². The van der Waals surface area contributed by atoms with Gasteiger partial charge >= 0.3 is 5.97 Å². The van der Waals surface area contributed by atoms with Gasteiger partial charge in [0.25, 0.3) is 5.91 Å². The second-order valence-electron chi connectivity index (χ2n) is 5.78. The Bertz CT molecular complexity index is 759. The number of aliphatic carboxylic acids is 1. The predicted molar refractivity (Wildman–Crippen MR) is 97.9 cm³/mol. The molecule has 6 nitrogen and oxygen atoms in total. The number of nitrogens with one attached hydrogen (secondary N) is 1. The Morgan fingerprint density at radius 2 is 1.65 bits per heavy atom. The third-order valence-electron chi connectivity index (χ3n) is 3.67. The van der Waals surface area contributed by atoms with E-state index >= 15 is 0 Å². The second kappa shape index (κ2) is 9.46. The number of amides is 1. The molecule has 6 heteroatoms. The molecule has 0 saturated carbocycles. The fourth-order valence-corrected chi connectivity index (χ4v) is 2.38. The van der Waals surface area contributed by atoms with E-state index in [9.17, 15) is 9.59 Å². The fraction of sp³-hybridized carbons (Fsp3) is 0.300. The van der Waals surface area contributed by atoms with Crippen LogP contribution in [0.15, 0.2) is 48.5 Å². The molecule has 0 fully saturated rings. The van der Waals surface area contributed by atoms with Gasteiger partial charge in [-0.1, -0.05) is 24.3 Å². The summed E-state index contributed by atoms with van der Waals surface area (Å²) in [5.74, 6) is 0.325. The van der Waals surface area contributed by atoms with Gasteiger partial charge in [-0.3, -0.25) is 9.59 Å². The van der Waals surface area contributed by atoms with Crippen molar-refractivity contribution >= 4 is 11.9 Å². The van der Waals surface area contributed by atoms with Crippen LogP contribution in [0.2, 0.25) is 0 Å². The van der Waals surface area contributed by atoms with Crippen LogP contribution in [0, 0.1) is 0 Å². The van der Waals surface area contributed by atoms with Gasteiger partial charge in [0.05, 0.1) is 12.2 Å². The number of rotatable bonds is 9. The Morgan fingerprint density at radius 1 is 1.04 bits per heavy atom. The second-order valence-corrected chi connectivity index (χ2v) is 5.78. The minimum absolute atomic E-state index is 0.00131. The van der Waals surface area contributed by atoms with Gasteiger partial charge in [-0.15, -0.1) is 0 Å². The summed E-state index contributed by atoms with van der Waals surface area (Å²) >= 11 is 0. The van der Waals surface area contributed by atoms with Crippen LogP contribution < -0.4 is 14.8 Å². The number of carbonyl (C=O) groups excluding carboxylic acids is 1. The summed E-state index contributed by atoms with van der Waals surface area (Å²) in [4.78, 5) is 23.2. The van der Waals surface area contributed by atoms with Crippen LogP contribution in [0.25, 0.3) is 0 Å².